The van der Waals surface area contributed by atoms with Gasteiger partial charge in [0.05, 0.1) is 17.1 Å². The maximum atomic E-state index is 13.4. The quantitative estimate of drug-likeness (QED) is 0.610. The Bertz CT molecular complexity index is 1090. The fourth-order valence-electron chi connectivity index (χ4n) is 8.68. The number of hydrogen-bond acceptors (Lipinski definition) is 5. The molecule has 194 valence electrons. The minimum atomic E-state index is -0.908. The van der Waals surface area contributed by atoms with Crippen LogP contribution in [-0.4, -0.2) is 69.8 Å². The van der Waals surface area contributed by atoms with Gasteiger partial charge in [0.1, 0.15) is 6.10 Å². The van der Waals surface area contributed by atoms with Crippen molar-refractivity contribution in [2.45, 2.75) is 99.8 Å². The zero-order valence-electron chi connectivity index (χ0n) is 21.5. The fourth-order valence-corrected chi connectivity index (χ4v) is 8.68. The van der Waals surface area contributed by atoms with Crippen molar-refractivity contribution in [1.82, 2.24) is 9.80 Å². The summed E-state index contributed by atoms with van der Waals surface area (Å²) in [5.41, 5.74) is 0.743. The summed E-state index contributed by atoms with van der Waals surface area (Å²) in [7, 11) is 1.90. The molecule has 1 spiro atoms. The number of phenolic OH excluding ortho intramolecular Hbond substituents is 1. The molecular weight excluding hydrogens is 452 g/mol. The number of phenols is 1. The van der Waals surface area contributed by atoms with Crippen LogP contribution in [0.25, 0.3) is 0 Å². The molecule has 7 rings (SSSR count). The van der Waals surface area contributed by atoms with Crippen molar-refractivity contribution in [3.63, 3.8) is 0 Å². The summed E-state index contributed by atoms with van der Waals surface area (Å²) in [6, 6.07) is 3.72. The highest BCUT2D eigenvalue weighted by Gasteiger charge is 2.73. The minimum absolute atomic E-state index is 0.0231. The summed E-state index contributed by atoms with van der Waals surface area (Å²) in [5, 5.41) is 23.4. The topological polar surface area (TPSA) is 73.2 Å². The summed E-state index contributed by atoms with van der Waals surface area (Å²) < 4.78 is 6.64. The predicted octanol–water partition coefficient (Wildman–Crippen LogP) is 3.92. The first-order chi connectivity index (χ1) is 17.4. The van der Waals surface area contributed by atoms with Crippen LogP contribution in [0.1, 0.15) is 75.3 Å². The molecule has 5 atom stereocenters. The number of carbonyl (C=O) groups excluding carboxylic acids is 1. The van der Waals surface area contributed by atoms with Crippen LogP contribution < -0.4 is 4.74 Å². The summed E-state index contributed by atoms with van der Waals surface area (Å²) >= 11 is 0. The van der Waals surface area contributed by atoms with Crippen LogP contribution in [-0.2, 0) is 16.6 Å². The third-order valence-electron chi connectivity index (χ3n) is 10.7. The minimum Gasteiger partial charge on any atom is -0.504 e. The molecule has 6 nitrogen and oxygen atoms in total. The van der Waals surface area contributed by atoms with Crippen LogP contribution in [0, 0.1) is 11.8 Å². The van der Waals surface area contributed by atoms with Gasteiger partial charge in [-0.25, -0.2) is 0 Å². The lowest BCUT2D eigenvalue weighted by Gasteiger charge is -2.64. The van der Waals surface area contributed by atoms with Crippen molar-refractivity contribution in [3.8, 4) is 11.5 Å². The van der Waals surface area contributed by atoms with Gasteiger partial charge in [-0.3, -0.25) is 9.69 Å². The molecule has 1 unspecified atom stereocenters. The van der Waals surface area contributed by atoms with Crippen molar-refractivity contribution >= 4 is 5.91 Å². The first kappa shape index (κ1) is 23.1. The van der Waals surface area contributed by atoms with Gasteiger partial charge in [-0.15, -0.1) is 0 Å². The lowest BCUT2D eigenvalue weighted by atomic mass is 9.48. The van der Waals surface area contributed by atoms with Crippen LogP contribution in [0.4, 0.5) is 0 Å². The first-order valence-corrected chi connectivity index (χ1v) is 14.4. The van der Waals surface area contributed by atoms with Crippen molar-refractivity contribution < 1.29 is 19.7 Å². The molecule has 2 N–H and O–H groups in total. The van der Waals surface area contributed by atoms with E-state index in [1.165, 1.54) is 50.5 Å². The molecular formula is C30H40N2O4. The van der Waals surface area contributed by atoms with Crippen LogP contribution in [0.15, 0.2) is 24.3 Å². The van der Waals surface area contributed by atoms with Crippen molar-refractivity contribution in [2.24, 2.45) is 11.8 Å². The molecule has 0 radical (unpaired) electrons. The predicted molar refractivity (Wildman–Crippen MR) is 137 cm³/mol. The molecule has 4 fully saturated rings. The van der Waals surface area contributed by atoms with E-state index in [4.69, 9.17) is 4.74 Å². The largest absolute Gasteiger partial charge is 0.504 e. The lowest BCUT2D eigenvalue weighted by molar-refractivity contribution is -0.200. The van der Waals surface area contributed by atoms with Crippen LogP contribution in [0.5, 0.6) is 11.5 Å². The number of likely N-dealkylation sites (N-methyl/N-ethyl adjacent to an activating group) is 1. The number of allylic oxidation sites excluding steroid dienone is 1. The van der Waals surface area contributed by atoms with E-state index in [-0.39, 0.29) is 29.8 Å². The summed E-state index contributed by atoms with van der Waals surface area (Å²) in [5.74, 6) is 2.01. The molecule has 0 aromatic heterocycles. The highest BCUT2D eigenvalue weighted by molar-refractivity contribution is 5.87. The number of amides is 1. The molecule has 1 amide bonds. The average Bonchev–Trinajstić information content (AvgIpc) is 3.63. The smallest absolute Gasteiger partial charge is 0.246 e. The van der Waals surface area contributed by atoms with Crippen LogP contribution in [0.2, 0.25) is 0 Å². The number of hydrogen-bond donors (Lipinski definition) is 2. The number of carbonyl (C=O) groups is 1. The summed E-state index contributed by atoms with van der Waals surface area (Å²) in [4.78, 5) is 17.8. The Hall–Kier alpha value is -2.05. The van der Waals surface area contributed by atoms with E-state index in [0.717, 1.165) is 37.4 Å². The summed E-state index contributed by atoms with van der Waals surface area (Å²) in [6.07, 6.45) is 15.3. The van der Waals surface area contributed by atoms with E-state index in [0.29, 0.717) is 24.5 Å². The van der Waals surface area contributed by atoms with Gasteiger partial charge in [-0.2, -0.15) is 0 Å². The van der Waals surface area contributed by atoms with E-state index in [1.807, 2.05) is 18.0 Å². The third-order valence-corrected chi connectivity index (χ3v) is 10.7. The number of ether oxygens (including phenoxy) is 1. The van der Waals surface area contributed by atoms with Gasteiger partial charge >= 0.3 is 0 Å². The molecule has 6 aliphatic rings. The van der Waals surface area contributed by atoms with E-state index in [9.17, 15) is 15.0 Å². The Kier molecular flexibility index (Phi) is 5.28. The van der Waals surface area contributed by atoms with Crippen molar-refractivity contribution in [1.29, 1.82) is 0 Å². The van der Waals surface area contributed by atoms with E-state index in [1.54, 1.807) is 12.1 Å². The highest BCUT2D eigenvalue weighted by atomic mass is 16.5. The fraction of sp³-hybridized carbons (Fsp3) is 0.700. The molecule has 2 bridgehead atoms. The number of rotatable bonds is 5. The molecule has 1 aromatic rings. The third kappa shape index (κ3) is 3.19. The van der Waals surface area contributed by atoms with Crippen LogP contribution in [0.3, 0.4) is 0 Å². The van der Waals surface area contributed by atoms with Gasteiger partial charge in [-0.05, 0) is 87.5 Å². The molecule has 1 saturated heterocycles. The standard InChI is InChI=1S/C30H40N2O4/c1-31(25(34)12-9-19-5-3-2-4-6-19)22-13-14-30(35)24-17-21-10-11-23(33)27-26(21)29(30,28(22)36-27)15-16-32(24)18-20-7-8-20/h9-12,19-20,22,24,28,33,35H,2-8,13-18H2,1H3/b12-9+/t22-,24-,28?,29+,30-/m1/s1. The van der Waals surface area contributed by atoms with Gasteiger partial charge in [0.25, 0.3) is 0 Å². The number of aromatic hydroxyl groups is 1. The SMILES string of the molecule is CN(C(=O)/C=C/C1CCCCC1)[C@@H]1CC[C@@]2(O)[C@H]3Cc4ccc(O)c5c4[C@@]2(CCN3CC2CC2)C1O5. The lowest BCUT2D eigenvalue weighted by Crippen LogP contribution is -2.78. The Morgan fingerprint density at radius 2 is 1.97 bits per heavy atom. The Morgan fingerprint density at radius 1 is 1.17 bits per heavy atom. The molecule has 2 aliphatic heterocycles. The molecule has 3 saturated carbocycles. The van der Waals surface area contributed by atoms with Gasteiger partial charge in [0.2, 0.25) is 5.91 Å². The zero-order valence-corrected chi connectivity index (χ0v) is 21.5. The maximum Gasteiger partial charge on any atom is 0.246 e. The van der Waals surface area contributed by atoms with Gasteiger partial charge in [0.15, 0.2) is 11.5 Å². The second-order valence-electron chi connectivity index (χ2n) is 12.6. The Balaban J connectivity index is 1.23. The van der Waals surface area contributed by atoms with Crippen molar-refractivity contribution in [2.75, 3.05) is 20.1 Å². The Morgan fingerprint density at radius 3 is 2.75 bits per heavy atom. The van der Waals surface area contributed by atoms with Crippen molar-refractivity contribution in [3.05, 3.63) is 35.4 Å². The van der Waals surface area contributed by atoms with Gasteiger partial charge in [0, 0.05) is 25.2 Å². The summed E-state index contributed by atoms with van der Waals surface area (Å²) in [6.45, 7) is 2.01. The Labute approximate surface area is 214 Å². The first-order valence-electron chi connectivity index (χ1n) is 14.4. The number of aliphatic hydroxyl groups is 1. The highest BCUT2D eigenvalue weighted by Crippen LogP contribution is 2.66. The molecule has 36 heavy (non-hydrogen) atoms. The normalized spacial score (nSPS) is 37.6. The second-order valence-corrected chi connectivity index (χ2v) is 12.6. The zero-order chi connectivity index (χ0) is 24.7. The molecule has 1 aromatic carbocycles. The maximum absolute atomic E-state index is 13.4. The number of benzene rings is 1. The van der Waals surface area contributed by atoms with Gasteiger partial charge in [-0.1, -0.05) is 31.4 Å². The number of nitrogens with zero attached hydrogens (tertiary/aromatic N) is 2. The van der Waals surface area contributed by atoms with Gasteiger partial charge < -0.3 is 19.8 Å². The monoisotopic (exact) mass is 492 g/mol. The molecule has 6 heteroatoms. The second kappa shape index (κ2) is 8.22. The van der Waals surface area contributed by atoms with E-state index >= 15 is 0 Å². The molecule has 2 heterocycles. The number of likely N-dealkylation sites (tertiary alicyclic amines) is 1. The number of piperidine rings is 1. The molecule has 4 aliphatic carbocycles. The average molecular weight is 493 g/mol. The van der Waals surface area contributed by atoms with E-state index < -0.39 is 11.0 Å². The van der Waals surface area contributed by atoms with Crippen LogP contribution >= 0.6 is 0 Å². The van der Waals surface area contributed by atoms with E-state index in [2.05, 4.69) is 11.0 Å².